The maximum absolute atomic E-state index is 12.5. The number of nitrogens with zero attached hydrogens (tertiary/aromatic N) is 2. The van der Waals surface area contributed by atoms with Gasteiger partial charge >= 0.3 is 0 Å². The van der Waals surface area contributed by atoms with Crippen LogP contribution in [0.1, 0.15) is 44.6 Å². The molecule has 1 heterocycles. The van der Waals surface area contributed by atoms with E-state index in [4.69, 9.17) is 4.42 Å². The number of hydrogen-bond donors (Lipinski definition) is 3. The molecule has 202 valence electrons. The molecule has 4 rings (SSSR count). The molecule has 12 heteroatoms. The molecule has 0 unspecified atom stereocenters. The number of nitrogens with one attached hydrogen (secondary N) is 3. The van der Waals surface area contributed by atoms with Crippen molar-refractivity contribution in [2.24, 2.45) is 5.92 Å². The summed E-state index contributed by atoms with van der Waals surface area (Å²) in [4.78, 5) is 25.0. The van der Waals surface area contributed by atoms with Crippen molar-refractivity contribution in [3.05, 3.63) is 48.0 Å². The quantitative estimate of drug-likeness (QED) is 0.294. The van der Waals surface area contributed by atoms with E-state index in [0.29, 0.717) is 16.9 Å². The summed E-state index contributed by atoms with van der Waals surface area (Å²) < 4.78 is 31.5. The number of benzene rings is 2. The van der Waals surface area contributed by atoms with Crippen molar-refractivity contribution in [3.8, 4) is 11.5 Å². The van der Waals surface area contributed by atoms with Gasteiger partial charge in [-0.05, 0) is 74.7 Å². The van der Waals surface area contributed by atoms with E-state index < -0.39 is 10.0 Å². The monoisotopic (exact) mass is 557 g/mol. The summed E-state index contributed by atoms with van der Waals surface area (Å²) in [6, 6.07) is 12.0. The number of sulfonamides is 1. The molecular weight excluding hydrogens is 526 g/mol. The number of carbonyl (C=O) groups is 2. The van der Waals surface area contributed by atoms with Gasteiger partial charge in [0.05, 0.1) is 11.5 Å². The molecule has 0 radical (unpaired) electrons. The molecule has 1 saturated carbocycles. The largest absolute Gasteiger partial charge is 0.411 e. The average molecular weight is 558 g/mol. The number of amides is 2. The molecule has 1 fully saturated rings. The second-order valence-corrected chi connectivity index (χ2v) is 12.1. The zero-order valence-corrected chi connectivity index (χ0v) is 23.0. The number of aryl methyl sites for hydroxylation is 1. The van der Waals surface area contributed by atoms with Crippen LogP contribution in [-0.4, -0.2) is 41.9 Å². The van der Waals surface area contributed by atoms with Gasteiger partial charge < -0.3 is 15.1 Å². The second-order valence-electron chi connectivity index (χ2n) is 9.15. The third kappa shape index (κ3) is 7.57. The van der Waals surface area contributed by atoms with E-state index >= 15 is 0 Å². The van der Waals surface area contributed by atoms with Crippen molar-refractivity contribution in [1.29, 1.82) is 0 Å². The lowest BCUT2D eigenvalue weighted by Crippen LogP contribution is -2.25. The normalized spacial score (nSPS) is 14.2. The lowest BCUT2D eigenvalue weighted by molar-refractivity contribution is -0.120. The van der Waals surface area contributed by atoms with E-state index in [1.54, 1.807) is 37.3 Å². The number of aromatic nitrogens is 2. The van der Waals surface area contributed by atoms with Gasteiger partial charge in [0.1, 0.15) is 0 Å². The molecule has 0 atom stereocenters. The molecular formula is C26H31N5O5S2. The van der Waals surface area contributed by atoms with Crippen LogP contribution in [0, 0.1) is 12.8 Å². The van der Waals surface area contributed by atoms with Crippen molar-refractivity contribution in [3.63, 3.8) is 0 Å². The van der Waals surface area contributed by atoms with Crippen LogP contribution in [0.4, 0.5) is 17.1 Å². The first-order valence-corrected chi connectivity index (χ1v) is 15.1. The molecule has 1 aliphatic carbocycles. The van der Waals surface area contributed by atoms with Crippen LogP contribution < -0.4 is 15.4 Å². The maximum atomic E-state index is 12.5. The highest BCUT2D eigenvalue weighted by atomic mass is 32.2. The number of thioether (sulfide) groups is 1. The van der Waals surface area contributed by atoms with Gasteiger partial charge in [-0.15, -0.1) is 10.2 Å². The van der Waals surface area contributed by atoms with E-state index in [9.17, 15) is 18.0 Å². The second kappa shape index (κ2) is 12.4. The summed E-state index contributed by atoms with van der Waals surface area (Å²) in [5.41, 5.74) is 3.32. The Balaban J connectivity index is 1.27. The number of anilines is 3. The van der Waals surface area contributed by atoms with Gasteiger partial charge in [-0.25, -0.2) is 8.42 Å². The van der Waals surface area contributed by atoms with E-state index in [2.05, 4.69) is 25.6 Å². The highest BCUT2D eigenvalue weighted by Gasteiger charge is 2.21. The fourth-order valence-corrected chi connectivity index (χ4v) is 5.33. The minimum absolute atomic E-state index is 0.0178. The van der Waals surface area contributed by atoms with Crippen molar-refractivity contribution in [2.45, 2.75) is 51.2 Å². The summed E-state index contributed by atoms with van der Waals surface area (Å²) >= 11 is 1.11. The van der Waals surface area contributed by atoms with Gasteiger partial charge in [0.2, 0.25) is 27.7 Å². The molecule has 0 spiro atoms. The third-order valence-corrected chi connectivity index (χ3v) is 8.39. The van der Waals surface area contributed by atoms with E-state index in [-0.39, 0.29) is 40.4 Å². The molecule has 2 aromatic carbocycles. The lowest BCUT2D eigenvalue weighted by Gasteiger charge is -2.21. The van der Waals surface area contributed by atoms with E-state index in [0.717, 1.165) is 48.7 Å². The van der Waals surface area contributed by atoms with Gasteiger partial charge in [0, 0.05) is 28.5 Å². The van der Waals surface area contributed by atoms with Crippen LogP contribution >= 0.6 is 11.8 Å². The zero-order valence-electron chi connectivity index (χ0n) is 21.3. The minimum atomic E-state index is -3.36. The van der Waals surface area contributed by atoms with Crippen molar-refractivity contribution >= 4 is 50.7 Å². The SMILES string of the molecule is CCS(=O)(=O)Nc1ccc(-c2nnc(SCC(=O)Nc3ccc(NC(=O)C4CCCCC4)c(C)c3)o2)cc1. The summed E-state index contributed by atoms with van der Waals surface area (Å²) in [6.07, 6.45) is 5.27. The Morgan fingerprint density at radius 1 is 1.00 bits per heavy atom. The Morgan fingerprint density at radius 3 is 2.39 bits per heavy atom. The molecule has 0 saturated heterocycles. The first kappa shape index (κ1) is 27.6. The number of rotatable bonds is 10. The topological polar surface area (TPSA) is 143 Å². The minimum Gasteiger partial charge on any atom is -0.411 e. The standard InChI is InChI=1S/C26H31N5O5S2/c1-3-38(34,35)31-20-11-9-19(10-12-20)25-29-30-26(36-25)37-16-23(32)27-21-13-14-22(17(2)15-21)28-24(33)18-7-5-4-6-8-18/h9-15,18,31H,3-8,16H2,1-2H3,(H,27,32)(H,28,33). The molecule has 3 aromatic rings. The Kier molecular flexibility index (Phi) is 9.05. The van der Waals surface area contributed by atoms with Crippen molar-refractivity contribution in [1.82, 2.24) is 10.2 Å². The van der Waals surface area contributed by atoms with E-state index in [1.165, 1.54) is 6.42 Å². The van der Waals surface area contributed by atoms with Crippen LogP contribution in [-0.2, 0) is 19.6 Å². The molecule has 2 amide bonds. The predicted octanol–water partition coefficient (Wildman–Crippen LogP) is 5.06. The smallest absolute Gasteiger partial charge is 0.277 e. The van der Waals surface area contributed by atoms with Crippen LogP contribution in [0.2, 0.25) is 0 Å². The zero-order chi connectivity index (χ0) is 27.1. The Morgan fingerprint density at radius 2 is 1.71 bits per heavy atom. The van der Waals surface area contributed by atoms with Gasteiger partial charge in [0.25, 0.3) is 5.22 Å². The summed E-state index contributed by atoms with van der Waals surface area (Å²) in [6.45, 7) is 3.46. The molecule has 1 aliphatic rings. The summed E-state index contributed by atoms with van der Waals surface area (Å²) in [5.74, 6) is 0.219. The molecule has 38 heavy (non-hydrogen) atoms. The van der Waals surface area contributed by atoms with Crippen LogP contribution in [0.3, 0.4) is 0 Å². The molecule has 10 nitrogen and oxygen atoms in total. The van der Waals surface area contributed by atoms with Crippen molar-refractivity contribution < 1.29 is 22.4 Å². The fourth-order valence-electron chi connectivity index (χ4n) is 4.12. The molecule has 3 N–H and O–H groups in total. The van der Waals surface area contributed by atoms with Gasteiger partial charge in [-0.2, -0.15) is 0 Å². The molecule has 0 aliphatic heterocycles. The van der Waals surface area contributed by atoms with Crippen LogP contribution in [0.15, 0.2) is 52.1 Å². The van der Waals surface area contributed by atoms with Crippen LogP contribution in [0.25, 0.3) is 11.5 Å². The summed E-state index contributed by atoms with van der Waals surface area (Å²) in [7, 11) is -3.36. The first-order valence-electron chi connectivity index (χ1n) is 12.5. The van der Waals surface area contributed by atoms with Gasteiger partial charge in [-0.1, -0.05) is 31.0 Å². The third-order valence-electron chi connectivity index (χ3n) is 6.26. The highest BCUT2D eigenvalue weighted by molar-refractivity contribution is 7.99. The van der Waals surface area contributed by atoms with Crippen LogP contribution in [0.5, 0.6) is 0 Å². The Hall–Kier alpha value is -3.38. The highest BCUT2D eigenvalue weighted by Crippen LogP contribution is 2.27. The van der Waals surface area contributed by atoms with Gasteiger partial charge in [0.15, 0.2) is 0 Å². The summed E-state index contributed by atoms with van der Waals surface area (Å²) in [5, 5.41) is 14.1. The Labute approximate surface area is 226 Å². The number of carbonyl (C=O) groups excluding carboxylic acids is 2. The lowest BCUT2D eigenvalue weighted by atomic mass is 9.88. The van der Waals surface area contributed by atoms with Gasteiger partial charge in [-0.3, -0.25) is 14.3 Å². The Bertz CT molecular complexity index is 1380. The molecule has 1 aromatic heterocycles. The fraction of sp³-hybridized carbons (Fsp3) is 0.385. The van der Waals surface area contributed by atoms with Crippen molar-refractivity contribution in [2.75, 3.05) is 26.9 Å². The number of hydrogen-bond acceptors (Lipinski definition) is 8. The first-order chi connectivity index (χ1) is 18.2. The van der Waals surface area contributed by atoms with E-state index in [1.807, 2.05) is 19.1 Å². The molecule has 0 bridgehead atoms. The average Bonchev–Trinajstić information content (AvgIpc) is 3.39. The maximum Gasteiger partial charge on any atom is 0.277 e. The predicted molar refractivity (Wildman–Crippen MR) is 149 cm³/mol.